The number of nitrogens with zero attached hydrogens (tertiary/aromatic N) is 1. The van der Waals surface area contributed by atoms with E-state index in [2.05, 4.69) is 42.3 Å². The number of ether oxygens (including phenoxy) is 1. The number of hydrogen-bond donors (Lipinski definition) is 1. The van der Waals surface area contributed by atoms with Crippen LogP contribution in [0.15, 0.2) is 18.2 Å². The van der Waals surface area contributed by atoms with Gasteiger partial charge in [-0.05, 0) is 32.4 Å². The van der Waals surface area contributed by atoms with Crippen LogP contribution in [0.5, 0.6) is 0 Å². The Bertz CT molecular complexity index is 482. The molecule has 1 heterocycles. The van der Waals surface area contributed by atoms with E-state index in [0.29, 0.717) is 5.75 Å². The normalized spacial score (nSPS) is 15.6. The zero-order chi connectivity index (χ0) is 16.5. The Labute approximate surface area is 144 Å². The van der Waals surface area contributed by atoms with Crippen LogP contribution < -0.4 is 5.32 Å². The average molecular weight is 337 g/mol. The van der Waals surface area contributed by atoms with Gasteiger partial charge in [-0.1, -0.05) is 29.3 Å². The number of amides is 1. The van der Waals surface area contributed by atoms with Gasteiger partial charge >= 0.3 is 0 Å². The molecule has 1 aromatic carbocycles. The molecule has 4 nitrogen and oxygen atoms in total. The predicted molar refractivity (Wildman–Crippen MR) is 97.0 cm³/mol. The number of carbonyl (C=O) groups excluding carboxylic acids is 1. The lowest BCUT2D eigenvalue weighted by atomic mass is 10.1. The maximum Gasteiger partial charge on any atom is 0.230 e. The third kappa shape index (κ3) is 7.38. The van der Waals surface area contributed by atoms with Gasteiger partial charge in [0.2, 0.25) is 5.91 Å². The second kappa shape index (κ2) is 9.96. The molecule has 0 saturated carbocycles. The molecule has 0 aliphatic carbocycles. The highest BCUT2D eigenvalue weighted by Gasteiger charge is 2.09. The molecule has 0 aromatic heterocycles. The quantitative estimate of drug-likeness (QED) is 0.740. The molecule has 23 heavy (non-hydrogen) atoms. The Morgan fingerprint density at radius 2 is 1.91 bits per heavy atom. The molecule has 1 aromatic rings. The molecule has 2 rings (SSSR count). The van der Waals surface area contributed by atoms with Gasteiger partial charge in [0.05, 0.1) is 19.0 Å². The van der Waals surface area contributed by atoms with Crippen molar-refractivity contribution in [3.8, 4) is 0 Å². The zero-order valence-corrected chi connectivity index (χ0v) is 15.1. The van der Waals surface area contributed by atoms with Crippen molar-refractivity contribution in [3.63, 3.8) is 0 Å². The zero-order valence-electron chi connectivity index (χ0n) is 14.3. The predicted octanol–water partition coefficient (Wildman–Crippen LogP) is 2.38. The standard InChI is InChI=1S/C18H28N2O2S/c1-15-10-16(2)12-17(11-15)13-23-14-18(21)19-4-3-5-20-6-8-22-9-7-20/h10-12H,3-9,13-14H2,1-2H3,(H,19,21). The summed E-state index contributed by atoms with van der Waals surface area (Å²) in [6.45, 7) is 9.73. The average Bonchev–Trinajstić information content (AvgIpc) is 2.52. The summed E-state index contributed by atoms with van der Waals surface area (Å²) in [5.74, 6) is 1.57. The molecule has 0 spiro atoms. The third-order valence-electron chi connectivity index (χ3n) is 3.86. The number of rotatable bonds is 8. The second-order valence-corrected chi connectivity index (χ2v) is 7.13. The smallest absolute Gasteiger partial charge is 0.230 e. The van der Waals surface area contributed by atoms with E-state index in [0.717, 1.165) is 51.6 Å². The Kier molecular flexibility index (Phi) is 7.92. The van der Waals surface area contributed by atoms with Gasteiger partial charge in [-0.3, -0.25) is 9.69 Å². The summed E-state index contributed by atoms with van der Waals surface area (Å²) < 4.78 is 5.33. The van der Waals surface area contributed by atoms with Gasteiger partial charge in [0.25, 0.3) is 0 Å². The van der Waals surface area contributed by atoms with Crippen molar-refractivity contribution in [1.29, 1.82) is 0 Å². The minimum absolute atomic E-state index is 0.140. The lowest BCUT2D eigenvalue weighted by molar-refractivity contribution is -0.118. The van der Waals surface area contributed by atoms with E-state index >= 15 is 0 Å². The Morgan fingerprint density at radius 1 is 1.22 bits per heavy atom. The number of carbonyl (C=O) groups is 1. The maximum atomic E-state index is 11.9. The summed E-state index contributed by atoms with van der Waals surface area (Å²) >= 11 is 1.68. The van der Waals surface area contributed by atoms with Crippen molar-refractivity contribution >= 4 is 17.7 Å². The van der Waals surface area contributed by atoms with Crippen molar-refractivity contribution in [3.05, 3.63) is 34.9 Å². The van der Waals surface area contributed by atoms with Crippen molar-refractivity contribution < 1.29 is 9.53 Å². The summed E-state index contributed by atoms with van der Waals surface area (Å²) in [4.78, 5) is 14.2. The van der Waals surface area contributed by atoms with Crippen LogP contribution in [0, 0.1) is 13.8 Å². The molecule has 1 saturated heterocycles. The molecule has 1 fully saturated rings. The highest BCUT2D eigenvalue weighted by Crippen LogP contribution is 2.15. The number of morpholine rings is 1. The van der Waals surface area contributed by atoms with E-state index < -0.39 is 0 Å². The van der Waals surface area contributed by atoms with Crippen LogP contribution in [0.4, 0.5) is 0 Å². The minimum Gasteiger partial charge on any atom is -0.379 e. The highest BCUT2D eigenvalue weighted by atomic mass is 32.2. The van der Waals surface area contributed by atoms with Crippen molar-refractivity contribution in [2.45, 2.75) is 26.0 Å². The van der Waals surface area contributed by atoms with Gasteiger partial charge in [0, 0.05) is 25.4 Å². The van der Waals surface area contributed by atoms with Crippen LogP contribution in [0.25, 0.3) is 0 Å². The van der Waals surface area contributed by atoms with E-state index in [9.17, 15) is 4.79 Å². The lowest BCUT2D eigenvalue weighted by Gasteiger charge is -2.26. The molecular formula is C18H28N2O2S. The summed E-state index contributed by atoms with van der Waals surface area (Å²) in [5, 5.41) is 3.01. The van der Waals surface area contributed by atoms with E-state index in [1.54, 1.807) is 11.8 Å². The van der Waals surface area contributed by atoms with Crippen LogP contribution in [-0.4, -0.2) is 56.0 Å². The molecule has 0 atom stereocenters. The van der Waals surface area contributed by atoms with Gasteiger partial charge < -0.3 is 10.1 Å². The Morgan fingerprint density at radius 3 is 2.61 bits per heavy atom. The topological polar surface area (TPSA) is 41.6 Å². The highest BCUT2D eigenvalue weighted by molar-refractivity contribution is 7.99. The number of aryl methyl sites for hydroxylation is 2. The number of benzene rings is 1. The summed E-state index contributed by atoms with van der Waals surface area (Å²) in [7, 11) is 0. The van der Waals surface area contributed by atoms with Gasteiger partial charge in [0.1, 0.15) is 0 Å². The maximum absolute atomic E-state index is 11.9. The first-order valence-corrected chi connectivity index (χ1v) is 9.50. The number of hydrogen-bond acceptors (Lipinski definition) is 4. The fourth-order valence-electron chi connectivity index (χ4n) is 2.82. The molecule has 1 aliphatic rings. The molecule has 0 bridgehead atoms. The number of thioether (sulfide) groups is 1. The molecule has 0 radical (unpaired) electrons. The SMILES string of the molecule is Cc1cc(C)cc(CSCC(=O)NCCCN2CCOCC2)c1. The first kappa shape index (κ1) is 18.3. The molecule has 1 aliphatic heterocycles. The monoisotopic (exact) mass is 336 g/mol. The fourth-order valence-corrected chi connectivity index (χ4v) is 3.61. The third-order valence-corrected chi connectivity index (χ3v) is 4.86. The Balaban J connectivity index is 1.54. The van der Waals surface area contributed by atoms with E-state index in [1.807, 2.05) is 0 Å². The van der Waals surface area contributed by atoms with Crippen LogP contribution >= 0.6 is 11.8 Å². The molecule has 5 heteroatoms. The minimum atomic E-state index is 0.140. The van der Waals surface area contributed by atoms with Gasteiger partial charge in [-0.15, -0.1) is 11.8 Å². The summed E-state index contributed by atoms with van der Waals surface area (Å²) in [5.41, 5.74) is 3.87. The molecular weight excluding hydrogens is 308 g/mol. The van der Waals surface area contributed by atoms with E-state index in [-0.39, 0.29) is 5.91 Å². The van der Waals surface area contributed by atoms with Crippen molar-refractivity contribution in [2.24, 2.45) is 0 Å². The molecule has 1 amide bonds. The van der Waals surface area contributed by atoms with Gasteiger partial charge in [0.15, 0.2) is 0 Å². The summed E-state index contributed by atoms with van der Waals surface area (Å²) in [6, 6.07) is 6.57. The molecule has 1 N–H and O–H groups in total. The van der Waals surface area contributed by atoms with Crippen LogP contribution in [0.3, 0.4) is 0 Å². The Hall–Kier alpha value is -1.04. The summed E-state index contributed by atoms with van der Waals surface area (Å²) in [6.07, 6.45) is 1.01. The molecule has 128 valence electrons. The van der Waals surface area contributed by atoms with E-state index in [4.69, 9.17) is 4.74 Å². The second-order valence-electron chi connectivity index (χ2n) is 6.15. The first-order valence-electron chi connectivity index (χ1n) is 8.35. The van der Waals surface area contributed by atoms with Crippen LogP contribution in [-0.2, 0) is 15.3 Å². The van der Waals surface area contributed by atoms with Gasteiger partial charge in [-0.25, -0.2) is 0 Å². The number of nitrogens with one attached hydrogen (secondary N) is 1. The van der Waals surface area contributed by atoms with Crippen LogP contribution in [0.1, 0.15) is 23.1 Å². The van der Waals surface area contributed by atoms with Crippen molar-refractivity contribution in [1.82, 2.24) is 10.2 Å². The van der Waals surface area contributed by atoms with E-state index in [1.165, 1.54) is 16.7 Å². The van der Waals surface area contributed by atoms with Crippen molar-refractivity contribution in [2.75, 3.05) is 45.1 Å². The lowest BCUT2D eigenvalue weighted by Crippen LogP contribution is -2.38. The van der Waals surface area contributed by atoms with Crippen LogP contribution in [0.2, 0.25) is 0 Å². The first-order chi connectivity index (χ1) is 11.1. The molecule has 0 unspecified atom stereocenters. The fraction of sp³-hybridized carbons (Fsp3) is 0.611. The van der Waals surface area contributed by atoms with Gasteiger partial charge in [-0.2, -0.15) is 0 Å². The largest absolute Gasteiger partial charge is 0.379 e.